The highest BCUT2D eigenvalue weighted by molar-refractivity contribution is 5.52. The number of fused-ring (bicyclic) bond motifs is 2. The Labute approximate surface area is 128 Å². The molecule has 5 atom stereocenters. The molecule has 4 aliphatic carbocycles. The van der Waals surface area contributed by atoms with E-state index < -0.39 is 0 Å². The molecule has 1 heteroatoms. The van der Waals surface area contributed by atoms with E-state index in [0.717, 1.165) is 17.6 Å². The van der Waals surface area contributed by atoms with Gasteiger partial charge >= 0.3 is 0 Å². The first kappa shape index (κ1) is 12.6. The van der Waals surface area contributed by atoms with Gasteiger partial charge in [-0.2, -0.15) is 0 Å². The van der Waals surface area contributed by atoms with Crippen LogP contribution in [-0.2, 0) is 11.8 Å². The van der Waals surface area contributed by atoms with Crippen molar-refractivity contribution in [2.45, 2.75) is 57.8 Å². The summed E-state index contributed by atoms with van der Waals surface area (Å²) in [7, 11) is 1.80. The molecular formula is C20H26O. The lowest BCUT2D eigenvalue weighted by Crippen LogP contribution is -2.47. The van der Waals surface area contributed by atoms with Crippen molar-refractivity contribution in [3.05, 3.63) is 29.3 Å². The number of methoxy groups -OCH3 is 1. The fraction of sp³-hybridized carbons (Fsp3) is 0.700. The fourth-order valence-corrected chi connectivity index (χ4v) is 7.41. The van der Waals surface area contributed by atoms with E-state index in [1.807, 2.05) is 0 Å². The monoisotopic (exact) mass is 282 g/mol. The molecule has 1 aromatic carbocycles. The van der Waals surface area contributed by atoms with Gasteiger partial charge in [-0.05, 0) is 71.6 Å². The van der Waals surface area contributed by atoms with Gasteiger partial charge in [0.25, 0.3) is 0 Å². The van der Waals surface area contributed by atoms with Crippen molar-refractivity contribution >= 4 is 0 Å². The van der Waals surface area contributed by atoms with E-state index in [1.165, 1.54) is 38.5 Å². The Balaban J connectivity index is 1.77. The maximum atomic E-state index is 5.55. The van der Waals surface area contributed by atoms with Crippen molar-refractivity contribution in [3.8, 4) is 5.75 Å². The van der Waals surface area contributed by atoms with Gasteiger partial charge < -0.3 is 4.74 Å². The van der Waals surface area contributed by atoms with Crippen LogP contribution in [0.5, 0.6) is 5.75 Å². The van der Waals surface area contributed by atoms with Gasteiger partial charge in [0, 0.05) is 5.41 Å². The van der Waals surface area contributed by atoms with Gasteiger partial charge in [-0.15, -0.1) is 0 Å². The van der Waals surface area contributed by atoms with Gasteiger partial charge in [0.05, 0.1) is 7.11 Å². The average molecular weight is 282 g/mol. The van der Waals surface area contributed by atoms with E-state index in [1.54, 1.807) is 18.2 Å². The number of benzene rings is 1. The second-order valence-corrected chi connectivity index (χ2v) is 8.58. The highest BCUT2D eigenvalue weighted by Crippen LogP contribution is 2.85. The maximum Gasteiger partial charge on any atom is 0.119 e. The van der Waals surface area contributed by atoms with E-state index >= 15 is 0 Å². The van der Waals surface area contributed by atoms with E-state index in [0.29, 0.717) is 16.2 Å². The van der Waals surface area contributed by atoms with Gasteiger partial charge in [0.1, 0.15) is 5.75 Å². The first-order valence-corrected chi connectivity index (χ1v) is 8.75. The molecule has 4 aliphatic rings. The van der Waals surface area contributed by atoms with Gasteiger partial charge in [-0.25, -0.2) is 0 Å². The summed E-state index contributed by atoms with van der Waals surface area (Å²) in [6, 6.07) is 6.94. The summed E-state index contributed by atoms with van der Waals surface area (Å²) >= 11 is 0. The Hall–Kier alpha value is -0.980. The van der Waals surface area contributed by atoms with Crippen molar-refractivity contribution in [2.75, 3.05) is 7.11 Å². The summed E-state index contributed by atoms with van der Waals surface area (Å²) in [4.78, 5) is 0. The first-order chi connectivity index (χ1) is 10.1. The molecule has 2 bridgehead atoms. The zero-order valence-electron chi connectivity index (χ0n) is 13.5. The third kappa shape index (κ3) is 1.16. The van der Waals surface area contributed by atoms with E-state index in [4.69, 9.17) is 4.74 Å². The van der Waals surface area contributed by atoms with Crippen LogP contribution >= 0.6 is 0 Å². The number of ether oxygens (including phenoxy) is 1. The van der Waals surface area contributed by atoms with Gasteiger partial charge in [-0.3, -0.25) is 0 Å². The summed E-state index contributed by atoms with van der Waals surface area (Å²) in [6.45, 7) is 5.17. The standard InChI is InChI=1S/C20H26O/c1-13-17-18(2)8-4-5-9-20(18)12-19(13,17)11-14-6-7-15(21-3)10-16(14)20/h6-7,10,13,17H,4-5,8-9,11-12H2,1-3H3/t13?,17-,18-,19-,20-/m1/s1. The maximum absolute atomic E-state index is 5.55. The third-order valence-electron chi connectivity index (χ3n) is 8.23. The van der Waals surface area contributed by atoms with Crippen LogP contribution < -0.4 is 4.74 Å². The highest BCUT2D eigenvalue weighted by Gasteiger charge is 2.81. The predicted molar refractivity (Wildman–Crippen MR) is 84.7 cm³/mol. The lowest BCUT2D eigenvalue weighted by atomic mass is 9.51. The number of hydrogen-bond donors (Lipinski definition) is 0. The molecule has 0 saturated heterocycles. The van der Waals surface area contributed by atoms with Crippen LogP contribution in [-0.4, -0.2) is 7.11 Å². The summed E-state index contributed by atoms with van der Waals surface area (Å²) < 4.78 is 5.55. The summed E-state index contributed by atoms with van der Waals surface area (Å²) in [6.07, 6.45) is 8.51. The zero-order chi connectivity index (χ0) is 14.5. The van der Waals surface area contributed by atoms with E-state index in [9.17, 15) is 0 Å². The van der Waals surface area contributed by atoms with Crippen molar-refractivity contribution in [1.29, 1.82) is 0 Å². The van der Waals surface area contributed by atoms with Crippen LogP contribution in [0.4, 0.5) is 0 Å². The molecule has 21 heavy (non-hydrogen) atoms. The van der Waals surface area contributed by atoms with Crippen LogP contribution in [0.2, 0.25) is 0 Å². The Morgan fingerprint density at radius 1 is 1.19 bits per heavy atom. The summed E-state index contributed by atoms with van der Waals surface area (Å²) in [5, 5.41) is 0. The quantitative estimate of drug-likeness (QED) is 0.724. The number of hydrogen-bond acceptors (Lipinski definition) is 1. The molecule has 112 valence electrons. The molecule has 2 spiro atoms. The molecule has 0 heterocycles. The Kier molecular flexibility index (Phi) is 2.09. The van der Waals surface area contributed by atoms with Crippen molar-refractivity contribution < 1.29 is 4.74 Å². The minimum absolute atomic E-state index is 0.463. The van der Waals surface area contributed by atoms with Crippen LogP contribution in [0.15, 0.2) is 18.2 Å². The second kappa shape index (κ2) is 3.50. The normalized spacial score (nSPS) is 49.1. The van der Waals surface area contributed by atoms with Gasteiger partial charge in [0.15, 0.2) is 0 Å². The molecule has 1 nitrogen and oxygen atoms in total. The summed E-state index contributed by atoms with van der Waals surface area (Å²) in [5.41, 5.74) is 4.96. The van der Waals surface area contributed by atoms with Crippen molar-refractivity contribution in [1.82, 2.24) is 0 Å². The fourth-order valence-electron chi connectivity index (χ4n) is 7.41. The predicted octanol–water partition coefficient (Wildman–Crippen LogP) is 4.73. The van der Waals surface area contributed by atoms with E-state index in [-0.39, 0.29) is 0 Å². The molecule has 1 unspecified atom stereocenters. The largest absolute Gasteiger partial charge is 0.497 e. The molecule has 1 aromatic rings. The molecule has 3 saturated carbocycles. The SMILES string of the molecule is COc1ccc2c(c1)[C@]13CCCC[C@]1(C)[C@H]1C(C)[C@@]1(C2)C3. The Morgan fingerprint density at radius 2 is 2.00 bits per heavy atom. The second-order valence-electron chi connectivity index (χ2n) is 8.58. The first-order valence-electron chi connectivity index (χ1n) is 8.75. The smallest absolute Gasteiger partial charge is 0.119 e. The Morgan fingerprint density at radius 3 is 2.81 bits per heavy atom. The van der Waals surface area contributed by atoms with Crippen LogP contribution in [0.1, 0.15) is 57.1 Å². The van der Waals surface area contributed by atoms with Crippen molar-refractivity contribution in [3.63, 3.8) is 0 Å². The van der Waals surface area contributed by atoms with Gasteiger partial charge in [-0.1, -0.05) is 32.8 Å². The topological polar surface area (TPSA) is 9.23 Å². The minimum atomic E-state index is 0.463. The number of rotatable bonds is 1. The highest BCUT2D eigenvalue weighted by atomic mass is 16.5. The average Bonchev–Trinajstić information content (AvgIpc) is 2.97. The molecule has 0 amide bonds. The van der Waals surface area contributed by atoms with Gasteiger partial charge in [0.2, 0.25) is 0 Å². The van der Waals surface area contributed by atoms with Crippen LogP contribution in [0.25, 0.3) is 0 Å². The minimum Gasteiger partial charge on any atom is -0.497 e. The molecular weight excluding hydrogens is 256 g/mol. The van der Waals surface area contributed by atoms with Crippen LogP contribution in [0, 0.1) is 22.7 Å². The third-order valence-corrected chi connectivity index (χ3v) is 8.23. The lowest BCUT2D eigenvalue weighted by molar-refractivity contribution is 0.0629. The zero-order valence-corrected chi connectivity index (χ0v) is 13.5. The lowest BCUT2D eigenvalue weighted by Gasteiger charge is -2.53. The molecule has 5 rings (SSSR count). The van der Waals surface area contributed by atoms with Crippen molar-refractivity contribution in [2.24, 2.45) is 22.7 Å². The molecule has 0 N–H and O–H groups in total. The molecule has 0 aromatic heterocycles. The summed E-state index contributed by atoms with van der Waals surface area (Å²) in [5.74, 6) is 2.98. The molecule has 0 radical (unpaired) electrons. The Bertz CT molecular complexity index is 635. The molecule has 3 fully saturated rings. The molecule has 0 aliphatic heterocycles. The van der Waals surface area contributed by atoms with E-state index in [2.05, 4.69) is 32.0 Å². The van der Waals surface area contributed by atoms with Crippen LogP contribution in [0.3, 0.4) is 0 Å².